The standard InChI is InChI=1S/C15H18N2O/c1-15(2)8-10(18)7-14(17-15)12-9-16-13-6-4-3-5-11(12)13/h3-6,9,14,16-17H,7-8H2,1-2H3. The zero-order valence-corrected chi connectivity index (χ0v) is 10.8. The van der Waals surface area contributed by atoms with Crippen LogP contribution in [0.25, 0.3) is 10.9 Å². The van der Waals surface area contributed by atoms with Gasteiger partial charge in [0, 0.05) is 41.5 Å². The van der Waals surface area contributed by atoms with Gasteiger partial charge in [0.1, 0.15) is 5.78 Å². The molecule has 0 spiro atoms. The number of aromatic amines is 1. The Labute approximate surface area is 107 Å². The molecule has 0 aliphatic carbocycles. The van der Waals surface area contributed by atoms with Gasteiger partial charge in [0.2, 0.25) is 0 Å². The summed E-state index contributed by atoms with van der Waals surface area (Å²) >= 11 is 0. The molecule has 1 fully saturated rings. The maximum atomic E-state index is 11.9. The molecule has 2 N–H and O–H groups in total. The van der Waals surface area contributed by atoms with Crippen LogP contribution in [0.4, 0.5) is 0 Å². The van der Waals surface area contributed by atoms with Crippen molar-refractivity contribution in [1.29, 1.82) is 0 Å². The first kappa shape index (κ1) is 11.5. The SMILES string of the molecule is CC1(C)CC(=O)CC(c2c[nH]c3ccccc23)N1. The summed E-state index contributed by atoms with van der Waals surface area (Å²) in [6.45, 7) is 4.18. The molecule has 3 nitrogen and oxygen atoms in total. The van der Waals surface area contributed by atoms with Crippen molar-refractivity contribution in [2.75, 3.05) is 0 Å². The number of Topliss-reactive ketones (excluding diaryl/α,β-unsaturated/α-hetero) is 1. The molecule has 3 heteroatoms. The van der Waals surface area contributed by atoms with Gasteiger partial charge in [0.25, 0.3) is 0 Å². The minimum absolute atomic E-state index is 0.113. The van der Waals surface area contributed by atoms with E-state index in [0.717, 1.165) is 5.52 Å². The van der Waals surface area contributed by atoms with Crippen molar-refractivity contribution < 1.29 is 4.79 Å². The second-order valence-electron chi connectivity index (χ2n) is 5.79. The number of piperidine rings is 1. The van der Waals surface area contributed by atoms with Crippen LogP contribution >= 0.6 is 0 Å². The van der Waals surface area contributed by atoms with Gasteiger partial charge >= 0.3 is 0 Å². The maximum Gasteiger partial charge on any atom is 0.136 e. The third kappa shape index (κ3) is 1.95. The molecule has 1 aromatic carbocycles. The number of carbonyl (C=O) groups is 1. The van der Waals surface area contributed by atoms with E-state index in [2.05, 4.69) is 36.3 Å². The number of benzene rings is 1. The van der Waals surface area contributed by atoms with Gasteiger partial charge in [0.05, 0.1) is 0 Å². The predicted octanol–water partition coefficient (Wildman–Crippen LogP) is 2.94. The number of nitrogens with one attached hydrogen (secondary N) is 2. The average Bonchev–Trinajstić information content (AvgIpc) is 2.69. The first-order valence-electron chi connectivity index (χ1n) is 6.41. The predicted molar refractivity (Wildman–Crippen MR) is 72.5 cm³/mol. The topological polar surface area (TPSA) is 44.9 Å². The number of carbonyl (C=O) groups excluding carboxylic acids is 1. The lowest BCUT2D eigenvalue weighted by molar-refractivity contribution is -0.122. The van der Waals surface area contributed by atoms with Crippen molar-refractivity contribution in [3.8, 4) is 0 Å². The van der Waals surface area contributed by atoms with Crippen LogP contribution in [0.1, 0.15) is 38.3 Å². The minimum atomic E-state index is -0.113. The number of aromatic nitrogens is 1. The van der Waals surface area contributed by atoms with E-state index in [9.17, 15) is 4.79 Å². The molecule has 1 aliphatic heterocycles. The first-order valence-corrected chi connectivity index (χ1v) is 6.41. The number of H-pyrrole nitrogens is 1. The van der Waals surface area contributed by atoms with E-state index < -0.39 is 0 Å². The molecule has 0 radical (unpaired) electrons. The third-order valence-electron chi connectivity index (χ3n) is 3.63. The van der Waals surface area contributed by atoms with Gasteiger partial charge < -0.3 is 10.3 Å². The van der Waals surface area contributed by atoms with Crippen LogP contribution in [0.3, 0.4) is 0 Å². The van der Waals surface area contributed by atoms with Crippen molar-refractivity contribution in [2.24, 2.45) is 0 Å². The first-order chi connectivity index (χ1) is 8.55. The van der Waals surface area contributed by atoms with Gasteiger partial charge in [-0.2, -0.15) is 0 Å². The fourth-order valence-electron chi connectivity index (χ4n) is 2.94. The fraction of sp³-hybridized carbons (Fsp3) is 0.400. The molecule has 2 heterocycles. The Bertz CT molecular complexity index is 597. The highest BCUT2D eigenvalue weighted by Gasteiger charge is 2.33. The van der Waals surface area contributed by atoms with E-state index in [-0.39, 0.29) is 11.6 Å². The van der Waals surface area contributed by atoms with Gasteiger partial charge in [0.15, 0.2) is 0 Å². The number of hydrogen-bond donors (Lipinski definition) is 2. The van der Waals surface area contributed by atoms with E-state index in [1.807, 2.05) is 18.3 Å². The summed E-state index contributed by atoms with van der Waals surface area (Å²) in [6, 6.07) is 8.35. The molecule has 1 aliphatic rings. The number of para-hydroxylation sites is 1. The smallest absolute Gasteiger partial charge is 0.136 e. The molecule has 1 saturated heterocycles. The van der Waals surface area contributed by atoms with Crippen LogP contribution in [0.2, 0.25) is 0 Å². The van der Waals surface area contributed by atoms with Crippen molar-refractivity contribution in [2.45, 2.75) is 38.3 Å². The van der Waals surface area contributed by atoms with Crippen molar-refractivity contribution in [3.63, 3.8) is 0 Å². The quantitative estimate of drug-likeness (QED) is 0.807. The lowest BCUT2D eigenvalue weighted by atomic mass is 9.85. The Balaban J connectivity index is 2.01. The second kappa shape index (κ2) is 3.95. The van der Waals surface area contributed by atoms with Crippen LogP contribution in [0.5, 0.6) is 0 Å². The van der Waals surface area contributed by atoms with Gasteiger partial charge in [-0.25, -0.2) is 0 Å². The summed E-state index contributed by atoms with van der Waals surface area (Å²) in [5.41, 5.74) is 2.22. The van der Waals surface area contributed by atoms with Gasteiger partial charge in [-0.3, -0.25) is 4.79 Å². The molecule has 0 amide bonds. The van der Waals surface area contributed by atoms with Gasteiger partial charge in [-0.05, 0) is 25.5 Å². The molecule has 3 rings (SSSR count). The molecular formula is C15H18N2O. The van der Waals surface area contributed by atoms with Crippen LogP contribution in [-0.2, 0) is 4.79 Å². The number of rotatable bonds is 1. The van der Waals surface area contributed by atoms with Crippen LogP contribution in [-0.4, -0.2) is 16.3 Å². The Kier molecular flexibility index (Phi) is 2.52. The Morgan fingerprint density at radius 2 is 2.06 bits per heavy atom. The van der Waals surface area contributed by atoms with Crippen molar-refractivity contribution >= 4 is 16.7 Å². The van der Waals surface area contributed by atoms with E-state index >= 15 is 0 Å². The highest BCUT2D eigenvalue weighted by Crippen LogP contribution is 2.32. The third-order valence-corrected chi connectivity index (χ3v) is 3.63. The number of ketones is 1. The van der Waals surface area contributed by atoms with E-state index in [4.69, 9.17) is 0 Å². The molecule has 0 saturated carbocycles. The van der Waals surface area contributed by atoms with Gasteiger partial charge in [-0.1, -0.05) is 18.2 Å². The van der Waals surface area contributed by atoms with Gasteiger partial charge in [-0.15, -0.1) is 0 Å². The molecule has 1 unspecified atom stereocenters. The zero-order chi connectivity index (χ0) is 12.8. The number of fused-ring (bicyclic) bond motifs is 1. The van der Waals surface area contributed by atoms with Crippen molar-refractivity contribution in [1.82, 2.24) is 10.3 Å². The molecule has 1 atom stereocenters. The van der Waals surface area contributed by atoms with E-state index in [1.165, 1.54) is 10.9 Å². The second-order valence-corrected chi connectivity index (χ2v) is 5.79. The summed E-state index contributed by atoms with van der Waals surface area (Å²) in [7, 11) is 0. The maximum absolute atomic E-state index is 11.9. The lowest BCUT2D eigenvalue weighted by Gasteiger charge is -2.36. The summed E-state index contributed by atoms with van der Waals surface area (Å²) < 4.78 is 0. The zero-order valence-electron chi connectivity index (χ0n) is 10.8. The summed E-state index contributed by atoms with van der Waals surface area (Å²) in [5.74, 6) is 0.342. The Morgan fingerprint density at radius 1 is 1.28 bits per heavy atom. The number of hydrogen-bond acceptors (Lipinski definition) is 2. The summed E-state index contributed by atoms with van der Waals surface area (Å²) in [4.78, 5) is 15.1. The molecular weight excluding hydrogens is 224 g/mol. The summed E-state index contributed by atoms with van der Waals surface area (Å²) in [5, 5.41) is 4.79. The fourth-order valence-corrected chi connectivity index (χ4v) is 2.94. The molecule has 18 heavy (non-hydrogen) atoms. The Morgan fingerprint density at radius 3 is 2.83 bits per heavy atom. The van der Waals surface area contributed by atoms with E-state index in [1.54, 1.807) is 0 Å². The van der Waals surface area contributed by atoms with Crippen LogP contribution in [0.15, 0.2) is 30.5 Å². The monoisotopic (exact) mass is 242 g/mol. The lowest BCUT2D eigenvalue weighted by Crippen LogP contribution is -2.48. The minimum Gasteiger partial charge on any atom is -0.361 e. The highest BCUT2D eigenvalue weighted by atomic mass is 16.1. The molecule has 1 aromatic heterocycles. The van der Waals surface area contributed by atoms with Crippen molar-refractivity contribution in [3.05, 3.63) is 36.0 Å². The average molecular weight is 242 g/mol. The van der Waals surface area contributed by atoms with Crippen LogP contribution < -0.4 is 5.32 Å². The molecule has 94 valence electrons. The highest BCUT2D eigenvalue weighted by molar-refractivity contribution is 5.86. The summed E-state index contributed by atoms with van der Waals surface area (Å²) in [6.07, 6.45) is 3.23. The molecule has 0 bridgehead atoms. The largest absolute Gasteiger partial charge is 0.361 e. The normalized spacial score (nSPS) is 23.4. The van der Waals surface area contributed by atoms with Crippen LogP contribution in [0, 0.1) is 0 Å². The Hall–Kier alpha value is -1.61. The molecule has 2 aromatic rings. The van der Waals surface area contributed by atoms with E-state index in [0.29, 0.717) is 18.6 Å².